The van der Waals surface area contributed by atoms with Crippen molar-refractivity contribution in [3.8, 4) is 11.5 Å². The maximum atomic E-state index is 11.2. The average molecular weight is 336 g/mol. The Bertz CT molecular complexity index is 509. The van der Waals surface area contributed by atoms with Crippen LogP contribution in [0.15, 0.2) is 12.1 Å². The number of aromatic hydroxyl groups is 1. The van der Waals surface area contributed by atoms with Crippen LogP contribution in [0.5, 0.6) is 11.5 Å². The zero-order valence-electron chi connectivity index (χ0n) is 15.3. The van der Waals surface area contributed by atoms with Crippen LogP contribution in [0.25, 0.3) is 0 Å². The Morgan fingerprint density at radius 1 is 1.04 bits per heavy atom. The van der Waals surface area contributed by atoms with Gasteiger partial charge in [-0.1, -0.05) is 58.8 Å². The Kier molecular flexibility index (Phi) is 9.28. The molecule has 0 bridgehead atoms. The molecule has 0 atom stereocenters. The number of carboxylic acid groups (broad SMARTS) is 1. The second kappa shape index (κ2) is 11.0. The number of carbonyl (C=O) groups is 1. The summed E-state index contributed by atoms with van der Waals surface area (Å²) in [7, 11) is 1.50. The largest absolute Gasteiger partial charge is 0.507 e. The van der Waals surface area contributed by atoms with Gasteiger partial charge in [-0.2, -0.15) is 0 Å². The van der Waals surface area contributed by atoms with Crippen LogP contribution in [-0.2, 0) is 6.42 Å². The van der Waals surface area contributed by atoms with Gasteiger partial charge in [0.15, 0.2) is 0 Å². The van der Waals surface area contributed by atoms with Gasteiger partial charge < -0.3 is 14.9 Å². The van der Waals surface area contributed by atoms with Crippen molar-refractivity contribution >= 4 is 5.97 Å². The minimum Gasteiger partial charge on any atom is -0.507 e. The molecular weight excluding hydrogens is 304 g/mol. The number of hydrogen-bond acceptors (Lipinski definition) is 3. The molecule has 2 N–H and O–H groups in total. The van der Waals surface area contributed by atoms with Gasteiger partial charge in [0.05, 0.1) is 7.11 Å². The third-order valence-corrected chi connectivity index (χ3v) is 4.36. The first-order chi connectivity index (χ1) is 11.5. The molecule has 0 aliphatic heterocycles. The van der Waals surface area contributed by atoms with Gasteiger partial charge in [-0.3, -0.25) is 0 Å². The van der Waals surface area contributed by atoms with Crippen LogP contribution in [0.3, 0.4) is 0 Å². The van der Waals surface area contributed by atoms with E-state index in [1.165, 1.54) is 51.7 Å². The van der Waals surface area contributed by atoms with Crippen molar-refractivity contribution < 1.29 is 19.7 Å². The number of aryl methyl sites for hydroxylation is 1. The average Bonchev–Trinajstić information content (AvgIpc) is 2.54. The molecule has 0 spiro atoms. The van der Waals surface area contributed by atoms with Crippen molar-refractivity contribution in [1.29, 1.82) is 0 Å². The summed E-state index contributed by atoms with van der Waals surface area (Å²) in [5.41, 5.74) is 0.568. The number of rotatable bonds is 12. The lowest BCUT2D eigenvalue weighted by Gasteiger charge is -2.10. The SMILES string of the molecule is COc1cc(CCCCCCCCCC(C)C)c(O)c(C(=O)O)c1. The number of methoxy groups -OCH3 is 1. The highest BCUT2D eigenvalue weighted by molar-refractivity contribution is 5.91. The van der Waals surface area contributed by atoms with Crippen molar-refractivity contribution in [1.82, 2.24) is 0 Å². The summed E-state index contributed by atoms with van der Waals surface area (Å²) in [6.07, 6.45) is 10.4. The first-order valence-electron chi connectivity index (χ1n) is 9.08. The number of hydrogen-bond donors (Lipinski definition) is 2. The molecule has 136 valence electrons. The summed E-state index contributed by atoms with van der Waals surface area (Å²) in [5, 5.41) is 19.2. The normalized spacial score (nSPS) is 11.0. The number of phenols is 1. The molecule has 0 aliphatic carbocycles. The van der Waals surface area contributed by atoms with Crippen molar-refractivity contribution in [2.24, 2.45) is 5.92 Å². The Morgan fingerprint density at radius 2 is 1.62 bits per heavy atom. The molecule has 0 saturated heterocycles. The van der Waals surface area contributed by atoms with Crippen LogP contribution in [0.4, 0.5) is 0 Å². The molecule has 1 rings (SSSR count). The second-order valence-corrected chi connectivity index (χ2v) is 6.90. The van der Waals surface area contributed by atoms with Crippen LogP contribution in [0.2, 0.25) is 0 Å². The Hall–Kier alpha value is -1.71. The predicted molar refractivity (Wildman–Crippen MR) is 97.1 cm³/mol. The van der Waals surface area contributed by atoms with Gasteiger partial charge in [0.25, 0.3) is 0 Å². The Morgan fingerprint density at radius 3 is 2.17 bits per heavy atom. The summed E-state index contributed by atoms with van der Waals surface area (Å²) in [6.45, 7) is 4.54. The molecule has 0 saturated carbocycles. The fourth-order valence-electron chi connectivity index (χ4n) is 2.89. The third-order valence-electron chi connectivity index (χ3n) is 4.36. The Balaban J connectivity index is 2.32. The van der Waals surface area contributed by atoms with E-state index in [1.807, 2.05) is 0 Å². The first kappa shape index (κ1) is 20.3. The van der Waals surface area contributed by atoms with E-state index in [0.717, 1.165) is 18.8 Å². The van der Waals surface area contributed by atoms with E-state index in [2.05, 4.69) is 13.8 Å². The number of aromatic carboxylic acids is 1. The Labute approximate surface area is 145 Å². The van der Waals surface area contributed by atoms with E-state index in [-0.39, 0.29) is 11.3 Å². The van der Waals surface area contributed by atoms with Crippen LogP contribution in [-0.4, -0.2) is 23.3 Å². The summed E-state index contributed by atoms with van der Waals surface area (Å²) in [6, 6.07) is 3.09. The number of carboxylic acids is 1. The fourth-order valence-corrected chi connectivity index (χ4v) is 2.89. The molecule has 1 aromatic rings. The molecule has 0 aromatic heterocycles. The van der Waals surface area contributed by atoms with Gasteiger partial charge in [0.2, 0.25) is 0 Å². The molecule has 1 aromatic carbocycles. The van der Waals surface area contributed by atoms with Crippen LogP contribution < -0.4 is 4.74 Å². The van der Waals surface area contributed by atoms with E-state index in [0.29, 0.717) is 17.7 Å². The van der Waals surface area contributed by atoms with E-state index in [9.17, 15) is 9.90 Å². The highest BCUT2D eigenvalue weighted by atomic mass is 16.5. The van der Waals surface area contributed by atoms with Gasteiger partial charge in [-0.05, 0) is 36.5 Å². The first-order valence-corrected chi connectivity index (χ1v) is 9.08. The smallest absolute Gasteiger partial charge is 0.339 e. The third kappa shape index (κ3) is 7.24. The topological polar surface area (TPSA) is 66.8 Å². The summed E-state index contributed by atoms with van der Waals surface area (Å²) in [5.74, 6) is 0.0209. The molecule has 24 heavy (non-hydrogen) atoms. The van der Waals surface area contributed by atoms with Gasteiger partial charge in [0, 0.05) is 0 Å². The standard InChI is InChI=1S/C20H32O4/c1-15(2)11-9-7-5-4-6-8-10-12-16-13-17(24-3)14-18(19(16)21)20(22)23/h13-15,21H,4-12H2,1-3H3,(H,22,23). The second-order valence-electron chi connectivity index (χ2n) is 6.90. The maximum Gasteiger partial charge on any atom is 0.339 e. The molecule has 0 amide bonds. The molecule has 0 radical (unpaired) electrons. The number of ether oxygens (including phenoxy) is 1. The minimum absolute atomic E-state index is 0.0884. The highest BCUT2D eigenvalue weighted by Crippen LogP contribution is 2.30. The van der Waals surface area contributed by atoms with Crippen molar-refractivity contribution in [3.63, 3.8) is 0 Å². The maximum absolute atomic E-state index is 11.2. The van der Waals surface area contributed by atoms with E-state index in [1.54, 1.807) is 6.07 Å². The highest BCUT2D eigenvalue weighted by Gasteiger charge is 2.15. The number of unbranched alkanes of at least 4 members (excludes halogenated alkanes) is 6. The number of benzene rings is 1. The van der Waals surface area contributed by atoms with E-state index in [4.69, 9.17) is 9.84 Å². The van der Waals surface area contributed by atoms with Gasteiger partial charge in [-0.25, -0.2) is 4.79 Å². The lowest BCUT2D eigenvalue weighted by Crippen LogP contribution is -2.01. The molecule has 0 unspecified atom stereocenters. The van der Waals surface area contributed by atoms with Crippen molar-refractivity contribution in [2.75, 3.05) is 7.11 Å². The summed E-state index contributed by atoms with van der Waals surface area (Å²) >= 11 is 0. The zero-order chi connectivity index (χ0) is 17.9. The van der Waals surface area contributed by atoms with E-state index >= 15 is 0 Å². The van der Waals surface area contributed by atoms with Crippen LogP contribution in [0.1, 0.15) is 81.1 Å². The van der Waals surface area contributed by atoms with Gasteiger partial charge in [0.1, 0.15) is 17.1 Å². The monoisotopic (exact) mass is 336 g/mol. The fraction of sp³-hybridized carbons (Fsp3) is 0.650. The summed E-state index contributed by atoms with van der Waals surface area (Å²) < 4.78 is 5.13. The van der Waals surface area contributed by atoms with Crippen LogP contribution >= 0.6 is 0 Å². The molecular formula is C20H32O4. The van der Waals surface area contributed by atoms with Crippen molar-refractivity contribution in [2.45, 2.75) is 71.6 Å². The summed E-state index contributed by atoms with van der Waals surface area (Å²) in [4.78, 5) is 11.2. The van der Waals surface area contributed by atoms with Gasteiger partial charge >= 0.3 is 5.97 Å². The van der Waals surface area contributed by atoms with Crippen LogP contribution in [0, 0.1) is 5.92 Å². The molecule has 0 fully saturated rings. The molecule has 4 heteroatoms. The molecule has 0 aliphatic rings. The molecule has 0 heterocycles. The zero-order valence-corrected chi connectivity index (χ0v) is 15.3. The van der Waals surface area contributed by atoms with E-state index < -0.39 is 5.97 Å². The van der Waals surface area contributed by atoms with Gasteiger partial charge in [-0.15, -0.1) is 0 Å². The minimum atomic E-state index is -1.13. The quantitative estimate of drug-likeness (QED) is 0.500. The predicted octanol–water partition coefficient (Wildman–Crippen LogP) is 5.42. The lowest BCUT2D eigenvalue weighted by molar-refractivity contribution is 0.0693. The molecule has 4 nitrogen and oxygen atoms in total. The van der Waals surface area contributed by atoms with Crippen molar-refractivity contribution in [3.05, 3.63) is 23.3 Å². The lowest BCUT2D eigenvalue weighted by atomic mass is 10.00.